The first-order valence-electron chi connectivity index (χ1n) is 5.24. The second-order valence-corrected chi connectivity index (χ2v) is 5.12. The van der Waals surface area contributed by atoms with Gasteiger partial charge in [0.05, 0.1) is 10.9 Å². The number of carbonyl (C=O) groups is 1. The molecule has 1 heterocycles. The standard InChI is InChI=1S/C12H10N2O4S/c1-19(18)8-2-3-10-9(6-8)12(17)14(7-13-10)5-4-11(15)16/h2-7H,1H3,(H,15,16)/b5-4+. The van der Waals surface area contributed by atoms with E-state index in [4.69, 9.17) is 5.11 Å². The normalized spacial score (nSPS) is 12.9. The first kappa shape index (κ1) is 13.3. The second-order valence-electron chi connectivity index (χ2n) is 3.74. The van der Waals surface area contributed by atoms with Gasteiger partial charge in [0.25, 0.3) is 5.56 Å². The molecule has 0 saturated heterocycles. The molecule has 1 aromatic carbocycles. The number of nitrogens with zero attached hydrogens (tertiary/aromatic N) is 2. The number of fused-ring (bicyclic) bond motifs is 1. The maximum atomic E-state index is 12.1. The van der Waals surface area contributed by atoms with Gasteiger partial charge in [-0.2, -0.15) is 0 Å². The quantitative estimate of drug-likeness (QED) is 0.658. The highest BCUT2D eigenvalue weighted by Crippen LogP contribution is 2.14. The molecule has 0 bridgehead atoms. The van der Waals surface area contributed by atoms with E-state index in [2.05, 4.69) is 4.98 Å². The Morgan fingerprint density at radius 1 is 1.53 bits per heavy atom. The highest BCUT2D eigenvalue weighted by Gasteiger charge is 2.09. The summed E-state index contributed by atoms with van der Waals surface area (Å²) in [6, 6.07) is 4.76. The first-order valence-corrected chi connectivity index (χ1v) is 6.80. The summed E-state index contributed by atoms with van der Waals surface area (Å²) in [5, 5.41) is 8.83. The molecule has 0 aliphatic carbocycles. The van der Waals surface area contributed by atoms with Gasteiger partial charge in [-0.3, -0.25) is 9.36 Å². The number of aliphatic carboxylic acids is 1. The summed E-state index contributed by atoms with van der Waals surface area (Å²) in [5.74, 6) is -1.16. The summed E-state index contributed by atoms with van der Waals surface area (Å²) in [6.45, 7) is 0. The van der Waals surface area contributed by atoms with Gasteiger partial charge >= 0.3 is 5.97 Å². The zero-order chi connectivity index (χ0) is 14.0. The highest BCUT2D eigenvalue weighted by molar-refractivity contribution is 7.90. The fraction of sp³-hybridized carbons (Fsp3) is 0.0833. The van der Waals surface area contributed by atoms with Crippen molar-refractivity contribution in [1.82, 2.24) is 9.55 Å². The zero-order valence-electron chi connectivity index (χ0n) is 9.94. The molecular weight excluding hydrogens is 268 g/mol. The van der Waals surface area contributed by atoms with Crippen molar-refractivity contribution in [3.63, 3.8) is 0 Å². The number of carboxylic acid groups (broad SMARTS) is 1. The van der Waals surface area contributed by atoms with Gasteiger partial charge in [0.1, 0.15) is 12.6 Å². The van der Waals surface area contributed by atoms with Crippen LogP contribution in [0, 0.1) is 0 Å². The molecule has 0 aliphatic heterocycles. The van der Waals surface area contributed by atoms with Crippen molar-refractivity contribution in [2.75, 3.05) is 6.26 Å². The number of hydrogen-bond acceptors (Lipinski definition) is 4. The number of hydrogen-bond donors (Lipinski definition) is 1. The van der Waals surface area contributed by atoms with Crippen molar-refractivity contribution < 1.29 is 14.5 Å². The average molecular weight is 278 g/mol. The van der Waals surface area contributed by atoms with E-state index in [-0.39, 0.29) is 0 Å². The van der Waals surface area contributed by atoms with Crippen molar-refractivity contribution in [3.8, 4) is 0 Å². The summed E-state index contributed by atoms with van der Waals surface area (Å²) >= 11 is -1.20. The number of carboxylic acids is 1. The molecule has 2 aromatic rings. The Kier molecular flexibility index (Phi) is 3.68. The van der Waals surface area contributed by atoms with Gasteiger partial charge in [-0.25, -0.2) is 9.78 Å². The van der Waals surface area contributed by atoms with E-state index < -0.39 is 22.7 Å². The predicted molar refractivity (Wildman–Crippen MR) is 71.3 cm³/mol. The molecule has 0 aliphatic rings. The Hall–Kier alpha value is -2.12. The monoisotopic (exact) mass is 278 g/mol. The van der Waals surface area contributed by atoms with Gasteiger partial charge in [-0.15, -0.1) is 0 Å². The van der Waals surface area contributed by atoms with E-state index in [0.29, 0.717) is 15.8 Å². The van der Waals surface area contributed by atoms with Crippen LogP contribution in [0.2, 0.25) is 0 Å². The Labute approximate surface area is 111 Å². The van der Waals surface area contributed by atoms with Crippen molar-refractivity contribution >= 4 is 34.2 Å². The molecule has 2 rings (SSSR count). The van der Waals surface area contributed by atoms with E-state index in [1.807, 2.05) is 0 Å². The molecule has 7 heteroatoms. The lowest BCUT2D eigenvalue weighted by Gasteiger charge is -2.05. The smallest absolute Gasteiger partial charge is 0.329 e. The molecule has 0 amide bonds. The minimum Gasteiger partial charge on any atom is -0.612 e. The molecular formula is C12H10N2O4S. The Bertz CT molecular complexity index is 721. The fourth-order valence-electron chi connectivity index (χ4n) is 1.54. The largest absolute Gasteiger partial charge is 0.612 e. The maximum Gasteiger partial charge on any atom is 0.329 e. The van der Waals surface area contributed by atoms with Crippen LogP contribution >= 0.6 is 0 Å². The van der Waals surface area contributed by atoms with Crippen LogP contribution in [-0.4, -0.2) is 31.4 Å². The summed E-state index contributed by atoms with van der Waals surface area (Å²) in [5.41, 5.74) is 0.0639. The molecule has 1 unspecified atom stereocenters. The first-order chi connectivity index (χ1) is 8.99. The summed E-state index contributed by atoms with van der Waals surface area (Å²) in [6.07, 6.45) is 4.72. The van der Waals surface area contributed by atoms with Crippen LogP contribution in [-0.2, 0) is 16.0 Å². The molecule has 6 nitrogen and oxygen atoms in total. The molecule has 1 aromatic heterocycles. The van der Waals surface area contributed by atoms with Crippen molar-refractivity contribution in [1.29, 1.82) is 0 Å². The van der Waals surface area contributed by atoms with E-state index in [9.17, 15) is 14.1 Å². The van der Waals surface area contributed by atoms with Crippen LogP contribution in [0.15, 0.2) is 40.3 Å². The van der Waals surface area contributed by atoms with Crippen LogP contribution in [0.1, 0.15) is 0 Å². The lowest BCUT2D eigenvalue weighted by Crippen LogP contribution is -2.16. The lowest BCUT2D eigenvalue weighted by atomic mass is 10.2. The molecule has 98 valence electrons. The number of rotatable bonds is 3. The average Bonchev–Trinajstić information content (AvgIpc) is 2.37. The molecule has 0 fully saturated rings. The van der Waals surface area contributed by atoms with Gasteiger partial charge in [0, 0.05) is 18.3 Å². The third-order valence-corrected chi connectivity index (χ3v) is 3.38. The second kappa shape index (κ2) is 5.25. The third kappa shape index (κ3) is 2.83. The Morgan fingerprint density at radius 3 is 2.89 bits per heavy atom. The molecule has 0 radical (unpaired) electrons. The van der Waals surface area contributed by atoms with Gasteiger partial charge < -0.3 is 9.66 Å². The summed E-state index contributed by atoms with van der Waals surface area (Å²) in [7, 11) is 0. The van der Waals surface area contributed by atoms with Crippen LogP contribution in [0.3, 0.4) is 0 Å². The summed E-state index contributed by atoms with van der Waals surface area (Å²) in [4.78, 5) is 27.1. The minimum absolute atomic E-state index is 0.297. The lowest BCUT2D eigenvalue weighted by molar-refractivity contribution is -0.131. The van der Waals surface area contributed by atoms with Crippen LogP contribution in [0.4, 0.5) is 0 Å². The predicted octanol–water partition coefficient (Wildman–Crippen LogP) is 0.689. The van der Waals surface area contributed by atoms with Gasteiger partial charge in [0.15, 0.2) is 4.90 Å². The van der Waals surface area contributed by atoms with E-state index in [1.165, 1.54) is 18.6 Å². The molecule has 1 N–H and O–H groups in total. The van der Waals surface area contributed by atoms with Crippen LogP contribution in [0.25, 0.3) is 17.1 Å². The maximum absolute atomic E-state index is 12.1. The van der Waals surface area contributed by atoms with Gasteiger partial charge in [-0.1, -0.05) is 0 Å². The highest BCUT2D eigenvalue weighted by atomic mass is 32.2. The molecule has 1 atom stereocenters. The third-order valence-electron chi connectivity index (χ3n) is 2.46. The van der Waals surface area contributed by atoms with Gasteiger partial charge in [0.2, 0.25) is 0 Å². The van der Waals surface area contributed by atoms with Crippen LogP contribution < -0.4 is 5.56 Å². The van der Waals surface area contributed by atoms with E-state index >= 15 is 0 Å². The minimum atomic E-state index is -1.20. The number of benzene rings is 1. The van der Waals surface area contributed by atoms with Crippen LogP contribution in [0.5, 0.6) is 0 Å². The molecule has 19 heavy (non-hydrogen) atoms. The fourth-order valence-corrected chi connectivity index (χ4v) is 2.09. The van der Waals surface area contributed by atoms with E-state index in [0.717, 1.165) is 16.8 Å². The number of aromatic nitrogens is 2. The summed E-state index contributed by atoms with van der Waals surface area (Å²) < 4.78 is 12.5. The SMILES string of the molecule is C[S+]([O-])c1ccc2ncn(/C=C/C(=O)O)c(=O)c2c1. The van der Waals surface area contributed by atoms with Crippen molar-refractivity contribution in [3.05, 3.63) is 41.0 Å². The zero-order valence-corrected chi connectivity index (χ0v) is 10.8. The Morgan fingerprint density at radius 2 is 2.26 bits per heavy atom. The molecule has 0 saturated carbocycles. The topological polar surface area (TPSA) is 95.2 Å². The Balaban J connectivity index is 2.62. The van der Waals surface area contributed by atoms with Gasteiger partial charge in [-0.05, 0) is 23.3 Å². The van der Waals surface area contributed by atoms with Crippen molar-refractivity contribution in [2.45, 2.75) is 4.90 Å². The molecule has 0 spiro atoms. The van der Waals surface area contributed by atoms with Crippen molar-refractivity contribution in [2.24, 2.45) is 0 Å². The van der Waals surface area contributed by atoms with E-state index in [1.54, 1.807) is 12.1 Å².